The second kappa shape index (κ2) is 9.78. The highest BCUT2D eigenvalue weighted by molar-refractivity contribution is 6.03. The number of nitrogens with zero attached hydrogens (tertiary/aromatic N) is 1. The van der Waals surface area contributed by atoms with Crippen molar-refractivity contribution in [2.45, 2.75) is 38.5 Å². The van der Waals surface area contributed by atoms with Gasteiger partial charge in [-0.05, 0) is 63.2 Å². The Morgan fingerprint density at radius 3 is 2.52 bits per heavy atom. The lowest BCUT2D eigenvalue weighted by Gasteiger charge is -2.22. The van der Waals surface area contributed by atoms with Crippen LogP contribution in [0, 0.1) is 5.92 Å². The van der Waals surface area contributed by atoms with E-state index < -0.39 is 0 Å². The van der Waals surface area contributed by atoms with Crippen LogP contribution in [0.1, 0.15) is 48.9 Å². The molecule has 2 aliphatic rings. The van der Waals surface area contributed by atoms with Gasteiger partial charge in [-0.2, -0.15) is 0 Å². The minimum Gasteiger partial charge on any atom is -0.339 e. The third-order valence-electron chi connectivity index (χ3n) is 5.06. The molecule has 6 heteroatoms. The quantitative estimate of drug-likeness (QED) is 0.843. The first-order valence-corrected chi connectivity index (χ1v) is 9.13. The number of likely N-dealkylation sites (tertiary alicyclic amines) is 1. The van der Waals surface area contributed by atoms with E-state index in [1.807, 2.05) is 29.2 Å². The maximum atomic E-state index is 12.6. The van der Waals surface area contributed by atoms with Crippen LogP contribution in [0.15, 0.2) is 24.3 Å². The largest absolute Gasteiger partial charge is 0.339 e. The second-order valence-electron chi connectivity index (χ2n) is 6.83. The molecular formula is C19H28ClN3O2. The van der Waals surface area contributed by atoms with Crippen molar-refractivity contribution < 1.29 is 9.59 Å². The Morgan fingerprint density at radius 1 is 1.12 bits per heavy atom. The van der Waals surface area contributed by atoms with Crippen LogP contribution in [0.2, 0.25) is 0 Å². The SMILES string of the molecule is Cl.O=C(CCC1CCNCC1)Nc1ccccc1C(=O)N1CCCC1. The van der Waals surface area contributed by atoms with E-state index in [-0.39, 0.29) is 24.2 Å². The fraction of sp³-hybridized carbons (Fsp3) is 0.579. The zero-order valence-electron chi connectivity index (χ0n) is 14.6. The van der Waals surface area contributed by atoms with Crippen molar-refractivity contribution in [3.05, 3.63) is 29.8 Å². The molecule has 2 N–H and O–H groups in total. The summed E-state index contributed by atoms with van der Waals surface area (Å²) in [6, 6.07) is 7.35. The smallest absolute Gasteiger partial charge is 0.255 e. The van der Waals surface area contributed by atoms with Crippen molar-refractivity contribution in [1.82, 2.24) is 10.2 Å². The highest BCUT2D eigenvalue weighted by atomic mass is 35.5. The fourth-order valence-electron chi connectivity index (χ4n) is 3.59. The van der Waals surface area contributed by atoms with Crippen LogP contribution < -0.4 is 10.6 Å². The fourth-order valence-corrected chi connectivity index (χ4v) is 3.59. The van der Waals surface area contributed by atoms with Crippen molar-refractivity contribution in [1.29, 1.82) is 0 Å². The topological polar surface area (TPSA) is 61.4 Å². The van der Waals surface area contributed by atoms with Gasteiger partial charge in [-0.1, -0.05) is 12.1 Å². The molecule has 138 valence electrons. The van der Waals surface area contributed by atoms with Crippen molar-refractivity contribution in [3.63, 3.8) is 0 Å². The third-order valence-corrected chi connectivity index (χ3v) is 5.06. The molecule has 3 rings (SSSR count). The molecular weight excluding hydrogens is 338 g/mol. The van der Waals surface area contributed by atoms with Gasteiger partial charge in [0.1, 0.15) is 0 Å². The first-order chi connectivity index (χ1) is 11.7. The minimum absolute atomic E-state index is 0. The number of amides is 2. The summed E-state index contributed by atoms with van der Waals surface area (Å²) in [6.45, 7) is 3.74. The van der Waals surface area contributed by atoms with Gasteiger partial charge in [-0.3, -0.25) is 9.59 Å². The van der Waals surface area contributed by atoms with Gasteiger partial charge in [0.2, 0.25) is 5.91 Å². The Labute approximate surface area is 155 Å². The summed E-state index contributed by atoms with van der Waals surface area (Å²) in [5.74, 6) is 0.676. The predicted octanol–water partition coefficient (Wildman–Crippen LogP) is 3.06. The molecule has 5 nitrogen and oxygen atoms in total. The lowest BCUT2D eigenvalue weighted by atomic mass is 9.93. The van der Waals surface area contributed by atoms with Crippen molar-refractivity contribution >= 4 is 29.9 Å². The Hall–Kier alpha value is -1.59. The molecule has 0 bridgehead atoms. The van der Waals surface area contributed by atoms with E-state index in [1.54, 1.807) is 0 Å². The van der Waals surface area contributed by atoms with Gasteiger partial charge in [0.25, 0.3) is 5.91 Å². The Morgan fingerprint density at radius 2 is 1.80 bits per heavy atom. The van der Waals surface area contributed by atoms with E-state index in [2.05, 4.69) is 10.6 Å². The number of anilines is 1. The summed E-state index contributed by atoms with van der Waals surface area (Å²) < 4.78 is 0. The standard InChI is InChI=1S/C19H27N3O2.ClH/c23-18(8-7-15-9-11-20-12-10-15)21-17-6-2-1-5-16(17)19(24)22-13-3-4-14-22;/h1-2,5-6,15,20H,3-4,7-14H2,(H,21,23);1H. The van der Waals surface area contributed by atoms with E-state index in [0.29, 0.717) is 23.6 Å². The summed E-state index contributed by atoms with van der Waals surface area (Å²) in [4.78, 5) is 26.8. The van der Waals surface area contributed by atoms with E-state index in [4.69, 9.17) is 0 Å². The van der Waals surface area contributed by atoms with Crippen LogP contribution in [0.4, 0.5) is 5.69 Å². The molecule has 0 unspecified atom stereocenters. The molecule has 2 fully saturated rings. The average Bonchev–Trinajstić information content (AvgIpc) is 3.15. The third kappa shape index (κ3) is 5.44. The molecule has 1 aromatic rings. The Balaban J connectivity index is 0.00000225. The van der Waals surface area contributed by atoms with Gasteiger partial charge >= 0.3 is 0 Å². The summed E-state index contributed by atoms with van der Waals surface area (Å²) in [5.41, 5.74) is 1.25. The van der Waals surface area contributed by atoms with Crippen LogP contribution in [-0.4, -0.2) is 42.9 Å². The van der Waals surface area contributed by atoms with Gasteiger partial charge in [-0.15, -0.1) is 12.4 Å². The minimum atomic E-state index is 0. The highest BCUT2D eigenvalue weighted by Gasteiger charge is 2.22. The maximum absolute atomic E-state index is 12.6. The molecule has 0 aromatic heterocycles. The van der Waals surface area contributed by atoms with E-state index in [1.165, 1.54) is 0 Å². The van der Waals surface area contributed by atoms with E-state index in [0.717, 1.165) is 58.3 Å². The van der Waals surface area contributed by atoms with E-state index in [9.17, 15) is 9.59 Å². The number of para-hydroxylation sites is 1. The molecule has 1 aromatic carbocycles. The van der Waals surface area contributed by atoms with Crippen molar-refractivity contribution in [2.75, 3.05) is 31.5 Å². The molecule has 2 aliphatic heterocycles. The molecule has 0 aliphatic carbocycles. The number of carbonyl (C=O) groups is 2. The summed E-state index contributed by atoms with van der Waals surface area (Å²) in [5, 5.41) is 6.30. The van der Waals surface area contributed by atoms with Gasteiger partial charge in [0.05, 0.1) is 11.3 Å². The number of piperidine rings is 1. The molecule has 2 saturated heterocycles. The average molecular weight is 366 g/mol. The van der Waals surface area contributed by atoms with Crippen molar-refractivity contribution in [2.24, 2.45) is 5.92 Å². The first kappa shape index (κ1) is 19.7. The molecule has 2 heterocycles. The first-order valence-electron chi connectivity index (χ1n) is 9.13. The molecule has 0 saturated carbocycles. The molecule has 2 amide bonds. The monoisotopic (exact) mass is 365 g/mol. The maximum Gasteiger partial charge on any atom is 0.255 e. The number of benzene rings is 1. The summed E-state index contributed by atoms with van der Waals surface area (Å²) >= 11 is 0. The van der Waals surface area contributed by atoms with Gasteiger partial charge in [-0.25, -0.2) is 0 Å². The lowest BCUT2D eigenvalue weighted by molar-refractivity contribution is -0.116. The van der Waals surface area contributed by atoms with Gasteiger partial charge in [0, 0.05) is 19.5 Å². The number of rotatable bonds is 5. The van der Waals surface area contributed by atoms with Crippen LogP contribution in [0.25, 0.3) is 0 Å². The second-order valence-corrected chi connectivity index (χ2v) is 6.83. The Bertz CT molecular complexity index is 582. The molecule has 0 radical (unpaired) electrons. The van der Waals surface area contributed by atoms with Crippen LogP contribution >= 0.6 is 12.4 Å². The molecule has 0 atom stereocenters. The van der Waals surface area contributed by atoms with Crippen LogP contribution in [-0.2, 0) is 4.79 Å². The van der Waals surface area contributed by atoms with E-state index >= 15 is 0 Å². The number of nitrogens with one attached hydrogen (secondary N) is 2. The summed E-state index contributed by atoms with van der Waals surface area (Å²) in [7, 11) is 0. The number of hydrogen-bond acceptors (Lipinski definition) is 3. The molecule has 0 spiro atoms. The molecule has 25 heavy (non-hydrogen) atoms. The van der Waals surface area contributed by atoms with Crippen LogP contribution in [0.3, 0.4) is 0 Å². The summed E-state index contributed by atoms with van der Waals surface area (Å²) in [6.07, 6.45) is 5.88. The normalized spacial score (nSPS) is 17.8. The lowest BCUT2D eigenvalue weighted by Crippen LogP contribution is -2.29. The van der Waals surface area contributed by atoms with Crippen LogP contribution in [0.5, 0.6) is 0 Å². The Kier molecular flexibility index (Phi) is 7.72. The zero-order chi connectivity index (χ0) is 16.8. The van der Waals surface area contributed by atoms with Crippen molar-refractivity contribution in [3.8, 4) is 0 Å². The highest BCUT2D eigenvalue weighted by Crippen LogP contribution is 2.22. The van der Waals surface area contributed by atoms with Gasteiger partial charge in [0.15, 0.2) is 0 Å². The predicted molar refractivity (Wildman–Crippen MR) is 102 cm³/mol. The number of halogens is 1. The number of carbonyl (C=O) groups excluding carboxylic acids is 2. The number of hydrogen-bond donors (Lipinski definition) is 2. The zero-order valence-corrected chi connectivity index (χ0v) is 15.4. The van der Waals surface area contributed by atoms with Gasteiger partial charge < -0.3 is 15.5 Å².